The van der Waals surface area contributed by atoms with E-state index in [0.29, 0.717) is 12.1 Å². The van der Waals surface area contributed by atoms with Crippen molar-refractivity contribution in [3.05, 3.63) is 47.8 Å². The Morgan fingerprint density at radius 1 is 1.24 bits per heavy atom. The van der Waals surface area contributed by atoms with Gasteiger partial charge in [0.25, 0.3) is 0 Å². The third-order valence-electron chi connectivity index (χ3n) is 3.44. The van der Waals surface area contributed by atoms with Crippen molar-refractivity contribution in [3.8, 4) is 0 Å². The molecule has 6 heteroatoms. The molecule has 3 N–H and O–H groups in total. The van der Waals surface area contributed by atoms with Gasteiger partial charge in [-0.15, -0.1) is 0 Å². The Morgan fingerprint density at radius 2 is 2.00 bits per heavy atom. The van der Waals surface area contributed by atoms with Gasteiger partial charge in [-0.3, -0.25) is 0 Å². The number of anilines is 1. The van der Waals surface area contributed by atoms with Gasteiger partial charge < -0.3 is 9.88 Å². The zero-order chi connectivity index (χ0) is 15.5. The number of aryl methyl sites for hydroxylation is 1. The molecule has 5 nitrogen and oxygen atoms in total. The number of hydrogen-bond donors (Lipinski definition) is 2. The van der Waals surface area contributed by atoms with Crippen LogP contribution in [-0.4, -0.2) is 13.0 Å². The Balaban J connectivity index is 2.19. The van der Waals surface area contributed by atoms with Crippen molar-refractivity contribution in [2.45, 2.75) is 38.3 Å². The highest BCUT2D eigenvalue weighted by atomic mass is 32.2. The van der Waals surface area contributed by atoms with Gasteiger partial charge in [-0.2, -0.15) is 0 Å². The van der Waals surface area contributed by atoms with Crippen LogP contribution < -0.4 is 10.5 Å². The molecule has 1 aromatic carbocycles. The molecule has 1 heterocycles. The first-order valence-electron chi connectivity index (χ1n) is 6.93. The second-order valence-corrected chi connectivity index (χ2v) is 6.55. The molecule has 0 bridgehead atoms. The van der Waals surface area contributed by atoms with Crippen LogP contribution in [0.5, 0.6) is 0 Å². The van der Waals surface area contributed by atoms with E-state index in [4.69, 9.17) is 5.14 Å². The zero-order valence-corrected chi connectivity index (χ0v) is 13.2. The molecular weight excluding hydrogens is 286 g/mol. The molecule has 114 valence electrons. The Kier molecular flexibility index (Phi) is 4.69. The summed E-state index contributed by atoms with van der Waals surface area (Å²) in [6, 6.07) is 9.15. The van der Waals surface area contributed by atoms with E-state index in [-0.39, 0.29) is 4.90 Å². The van der Waals surface area contributed by atoms with Gasteiger partial charge in [-0.25, -0.2) is 13.6 Å². The molecule has 2 rings (SSSR count). The summed E-state index contributed by atoms with van der Waals surface area (Å²) in [7, 11) is -3.69. The zero-order valence-electron chi connectivity index (χ0n) is 12.3. The lowest BCUT2D eigenvalue weighted by Gasteiger charge is -2.14. The molecule has 1 aromatic heterocycles. The average molecular weight is 307 g/mol. The van der Waals surface area contributed by atoms with Crippen molar-refractivity contribution in [1.29, 1.82) is 0 Å². The predicted octanol–water partition coefficient (Wildman–Crippen LogP) is 2.47. The van der Waals surface area contributed by atoms with E-state index < -0.39 is 10.0 Å². The van der Waals surface area contributed by atoms with E-state index in [1.165, 1.54) is 6.07 Å². The Hall–Kier alpha value is -1.79. The van der Waals surface area contributed by atoms with Crippen LogP contribution in [0.3, 0.4) is 0 Å². The van der Waals surface area contributed by atoms with Crippen molar-refractivity contribution in [1.82, 2.24) is 4.57 Å². The number of nitrogens with zero attached hydrogens (tertiary/aromatic N) is 1. The summed E-state index contributed by atoms with van der Waals surface area (Å²) in [6.45, 7) is 5.51. The predicted molar refractivity (Wildman–Crippen MR) is 84.6 cm³/mol. The van der Waals surface area contributed by atoms with Gasteiger partial charge in [0, 0.05) is 24.1 Å². The number of sulfonamides is 1. The smallest absolute Gasteiger partial charge is 0.238 e. The van der Waals surface area contributed by atoms with Gasteiger partial charge >= 0.3 is 0 Å². The first kappa shape index (κ1) is 15.6. The molecule has 0 aliphatic rings. The topological polar surface area (TPSA) is 77.1 Å². The summed E-state index contributed by atoms with van der Waals surface area (Å²) in [6.07, 6.45) is 3.12. The monoisotopic (exact) mass is 307 g/mol. The Labute approximate surface area is 125 Å². The van der Waals surface area contributed by atoms with Crippen LogP contribution in [-0.2, 0) is 23.1 Å². The molecule has 0 atom stereocenters. The van der Waals surface area contributed by atoms with Crippen LogP contribution in [0.2, 0.25) is 0 Å². The quantitative estimate of drug-likeness (QED) is 0.860. The van der Waals surface area contributed by atoms with Crippen molar-refractivity contribution < 1.29 is 8.42 Å². The minimum Gasteiger partial charge on any atom is -0.379 e. The highest BCUT2D eigenvalue weighted by Gasteiger charge is 2.13. The Bertz CT molecular complexity index is 720. The number of rotatable bonds is 6. The molecule has 0 spiro atoms. The first-order chi connectivity index (χ1) is 9.93. The van der Waals surface area contributed by atoms with Crippen LogP contribution >= 0.6 is 0 Å². The summed E-state index contributed by atoms with van der Waals surface area (Å²) < 4.78 is 25.2. The van der Waals surface area contributed by atoms with Gasteiger partial charge in [0.05, 0.1) is 11.4 Å². The maximum Gasteiger partial charge on any atom is 0.238 e. The summed E-state index contributed by atoms with van der Waals surface area (Å²) in [5.41, 5.74) is 2.59. The molecule has 0 aliphatic heterocycles. The van der Waals surface area contributed by atoms with E-state index in [0.717, 1.165) is 24.3 Å². The number of benzene rings is 1. The first-order valence-corrected chi connectivity index (χ1v) is 8.48. The minimum atomic E-state index is -3.69. The number of aromatic nitrogens is 1. The summed E-state index contributed by atoms with van der Waals surface area (Å²) in [5, 5.41) is 8.51. The summed E-state index contributed by atoms with van der Waals surface area (Å²) >= 11 is 0. The van der Waals surface area contributed by atoms with Crippen LogP contribution in [0.15, 0.2) is 41.4 Å². The van der Waals surface area contributed by atoms with Crippen molar-refractivity contribution in [2.75, 3.05) is 5.32 Å². The molecule has 0 saturated heterocycles. The average Bonchev–Trinajstić information content (AvgIpc) is 2.84. The van der Waals surface area contributed by atoms with Crippen molar-refractivity contribution >= 4 is 15.7 Å². The molecule has 0 aliphatic carbocycles. The van der Waals surface area contributed by atoms with E-state index >= 15 is 0 Å². The molecule has 0 fully saturated rings. The van der Waals surface area contributed by atoms with E-state index in [1.807, 2.05) is 18.3 Å². The van der Waals surface area contributed by atoms with Gasteiger partial charge in [0.15, 0.2) is 0 Å². The van der Waals surface area contributed by atoms with Crippen molar-refractivity contribution in [2.24, 2.45) is 5.14 Å². The molecule has 0 radical (unpaired) electrons. The van der Waals surface area contributed by atoms with E-state index in [1.54, 1.807) is 13.0 Å². The van der Waals surface area contributed by atoms with Gasteiger partial charge in [0.1, 0.15) is 0 Å². The van der Waals surface area contributed by atoms with Gasteiger partial charge in [-0.05, 0) is 43.2 Å². The minimum absolute atomic E-state index is 0.163. The number of nitrogens with one attached hydrogen (secondary N) is 1. The van der Waals surface area contributed by atoms with Crippen LogP contribution in [0.25, 0.3) is 0 Å². The molecule has 0 saturated carbocycles. The fourth-order valence-corrected chi connectivity index (χ4v) is 3.17. The lowest BCUT2D eigenvalue weighted by atomic mass is 10.2. The third kappa shape index (κ3) is 3.65. The lowest BCUT2D eigenvalue weighted by molar-refractivity contribution is 0.597. The van der Waals surface area contributed by atoms with Gasteiger partial charge in [-0.1, -0.05) is 13.0 Å². The molecule has 21 heavy (non-hydrogen) atoms. The third-order valence-corrected chi connectivity index (χ3v) is 4.49. The number of hydrogen-bond acceptors (Lipinski definition) is 3. The maximum absolute atomic E-state index is 11.5. The van der Waals surface area contributed by atoms with E-state index in [9.17, 15) is 8.42 Å². The molecule has 2 aromatic rings. The second-order valence-electron chi connectivity index (χ2n) is 5.02. The van der Waals surface area contributed by atoms with Crippen molar-refractivity contribution in [3.63, 3.8) is 0 Å². The molecule has 0 unspecified atom stereocenters. The standard InChI is InChI=1S/C15H21N3O2S/c1-3-9-18-10-5-6-13(18)11-17-14-7-4-8-15(12(14)2)21(16,19)20/h4-8,10,17H,3,9,11H2,1-2H3,(H2,16,19,20). The molecule has 0 amide bonds. The highest BCUT2D eigenvalue weighted by molar-refractivity contribution is 7.89. The largest absolute Gasteiger partial charge is 0.379 e. The normalized spacial score (nSPS) is 11.6. The summed E-state index contributed by atoms with van der Waals surface area (Å²) in [5.74, 6) is 0. The lowest BCUT2D eigenvalue weighted by Crippen LogP contribution is -2.15. The SMILES string of the molecule is CCCn1cccc1CNc1cccc(S(N)(=O)=O)c1C. The van der Waals surface area contributed by atoms with E-state index in [2.05, 4.69) is 22.9 Å². The Morgan fingerprint density at radius 3 is 2.67 bits per heavy atom. The fraction of sp³-hybridized carbons (Fsp3) is 0.333. The highest BCUT2D eigenvalue weighted by Crippen LogP contribution is 2.22. The fourth-order valence-electron chi connectivity index (χ4n) is 2.37. The summed E-state index contributed by atoms with van der Waals surface area (Å²) in [4.78, 5) is 0.163. The van der Waals surface area contributed by atoms with Crippen LogP contribution in [0.4, 0.5) is 5.69 Å². The van der Waals surface area contributed by atoms with Gasteiger partial charge in [0.2, 0.25) is 10.0 Å². The number of primary sulfonamides is 1. The van der Waals surface area contributed by atoms with Crippen LogP contribution in [0, 0.1) is 6.92 Å². The van der Waals surface area contributed by atoms with Crippen LogP contribution in [0.1, 0.15) is 24.6 Å². The molecular formula is C15H21N3O2S. The second kappa shape index (κ2) is 6.32. The maximum atomic E-state index is 11.5. The number of nitrogens with two attached hydrogens (primary N) is 1.